The summed E-state index contributed by atoms with van der Waals surface area (Å²) in [5.74, 6) is 1.12. The zero-order valence-corrected chi connectivity index (χ0v) is 41.0. The smallest absolute Gasteiger partial charge is 0.244 e. The summed E-state index contributed by atoms with van der Waals surface area (Å²) in [4.78, 5) is 12.3. The van der Waals surface area contributed by atoms with Crippen LogP contribution in [-0.2, 0) is 0 Å². The minimum absolute atomic E-state index is 0.0411. The zero-order valence-electron chi connectivity index (χ0n) is 40.1. The van der Waals surface area contributed by atoms with Crippen molar-refractivity contribution < 1.29 is 0 Å². The number of rotatable bonds is 8. The molecule has 0 saturated heterocycles. The number of benzene rings is 9. The third-order valence-electron chi connectivity index (χ3n) is 14.3. The van der Waals surface area contributed by atoms with Crippen LogP contribution in [0, 0.1) is 0 Å². The van der Waals surface area contributed by atoms with Gasteiger partial charge in [0.1, 0.15) is 0 Å². The van der Waals surface area contributed by atoms with Crippen LogP contribution in [0.3, 0.4) is 0 Å². The molecule has 3 heterocycles. The van der Waals surface area contributed by atoms with Crippen LogP contribution >= 0.6 is 11.8 Å². The fourth-order valence-electron chi connectivity index (χ4n) is 11.1. The van der Waals surface area contributed by atoms with Gasteiger partial charge in [0.05, 0.1) is 45.5 Å². The third kappa shape index (κ3) is 7.15. The van der Waals surface area contributed by atoms with Gasteiger partial charge in [-0.25, -0.2) is 0 Å². The molecule has 69 heavy (non-hydrogen) atoms. The van der Waals surface area contributed by atoms with Gasteiger partial charge in [-0.1, -0.05) is 179 Å². The van der Waals surface area contributed by atoms with Gasteiger partial charge < -0.3 is 19.6 Å². The second kappa shape index (κ2) is 17.3. The first-order valence-electron chi connectivity index (χ1n) is 24.5. The maximum atomic E-state index is 2.53. The number of hydrogen-bond donors (Lipinski definition) is 0. The second-order valence-corrected chi connectivity index (χ2v) is 20.6. The van der Waals surface area contributed by atoms with Crippen molar-refractivity contribution >= 4 is 103 Å². The number of hydrogen-bond acceptors (Lipinski definition) is 5. The quantitative estimate of drug-likeness (QED) is 0.140. The van der Waals surface area contributed by atoms with Gasteiger partial charge in [0.15, 0.2) is 0 Å². The van der Waals surface area contributed by atoms with Gasteiger partial charge >= 0.3 is 0 Å². The molecule has 3 aliphatic heterocycles. The van der Waals surface area contributed by atoms with E-state index in [9.17, 15) is 0 Å². The van der Waals surface area contributed by atoms with Gasteiger partial charge in [-0.15, -0.1) is 0 Å². The van der Waals surface area contributed by atoms with Gasteiger partial charge in [0, 0.05) is 32.5 Å². The van der Waals surface area contributed by atoms with Crippen molar-refractivity contribution in [2.24, 2.45) is 0 Å². The van der Waals surface area contributed by atoms with E-state index in [4.69, 9.17) is 0 Å². The molecule has 0 unspecified atom stereocenters. The Hall–Kier alpha value is -7.41. The molecular formula is C63H55BN4S. The second-order valence-electron chi connectivity index (χ2n) is 19.5. The molecule has 9 aromatic rings. The van der Waals surface area contributed by atoms with E-state index in [1.807, 2.05) is 11.8 Å². The van der Waals surface area contributed by atoms with Crippen LogP contribution < -0.4 is 36.0 Å². The molecule has 0 atom stereocenters. The van der Waals surface area contributed by atoms with Crippen LogP contribution in [-0.4, -0.2) is 6.71 Å². The van der Waals surface area contributed by atoms with E-state index in [0.717, 1.165) is 68.2 Å². The molecule has 4 nitrogen and oxygen atoms in total. The van der Waals surface area contributed by atoms with E-state index >= 15 is 0 Å². The lowest BCUT2D eigenvalue weighted by atomic mass is 9.34. The number of nitrogens with zero attached hydrogens (tertiary/aromatic N) is 4. The molecule has 0 spiro atoms. The van der Waals surface area contributed by atoms with Crippen LogP contribution in [0.5, 0.6) is 0 Å². The van der Waals surface area contributed by atoms with E-state index in [1.165, 1.54) is 42.9 Å². The van der Waals surface area contributed by atoms with Crippen LogP contribution in [0.1, 0.15) is 76.0 Å². The number of fused-ring (bicyclic) bond motifs is 6. The molecule has 0 aliphatic carbocycles. The largest absolute Gasteiger partial charge is 0.306 e. The summed E-state index contributed by atoms with van der Waals surface area (Å²) in [5.41, 5.74) is 22.3. The lowest BCUT2D eigenvalue weighted by Crippen LogP contribution is -2.57. The van der Waals surface area contributed by atoms with Crippen molar-refractivity contribution in [3.8, 4) is 0 Å². The van der Waals surface area contributed by atoms with E-state index in [1.54, 1.807) is 0 Å². The average Bonchev–Trinajstić information content (AvgIpc) is 3.38. The van der Waals surface area contributed by atoms with E-state index < -0.39 is 0 Å². The molecule has 0 amide bonds. The van der Waals surface area contributed by atoms with Crippen molar-refractivity contribution in [1.82, 2.24) is 0 Å². The van der Waals surface area contributed by atoms with Crippen molar-refractivity contribution in [3.05, 3.63) is 223 Å². The molecule has 12 rings (SSSR count). The lowest BCUT2D eigenvalue weighted by molar-refractivity contribution is 0.812. The molecule has 0 aromatic heterocycles. The maximum absolute atomic E-state index is 2.53. The normalized spacial score (nSPS) is 13.6. The lowest BCUT2D eigenvalue weighted by Gasteiger charge is -2.41. The predicted octanol–water partition coefficient (Wildman–Crippen LogP) is 16.5. The van der Waals surface area contributed by atoms with Gasteiger partial charge in [-0.05, 0) is 132 Å². The molecule has 0 radical (unpaired) electrons. The summed E-state index contributed by atoms with van der Waals surface area (Å²) >= 11 is 1.92. The summed E-state index contributed by atoms with van der Waals surface area (Å²) in [6.45, 7) is 14.2. The molecule has 6 heteroatoms. The highest BCUT2D eigenvalue weighted by molar-refractivity contribution is 8.00. The van der Waals surface area contributed by atoms with Crippen molar-refractivity contribution in [1.29, 1.82) is 0 Å². The fraction of sp³-hybridized carbons (Fsp3) is 0.143. The molecule has 0 N–H and O–H groups in total. The first kappa shape index (κ1) is 42.9. The summed E-state index contributed by atoms with van der Waals surface area (Å²) in [5, 5.41) is 0. The highest BCUT2D eigenvalue weighted by Gasteiger charge is 2.39. The minimum atomic E-state index is 0.0411. The summed E-state index contributed by atoms with van der Waals surface area (Å²) in [6, 6.07) is 76.6. The maximum Gasteiger partial charge on any atom is 0.244 e. The molecule has 336 valence electrons. The Kier molecular flexibility index (Phi) is 10.7. The Labute approximate surface area is 412 Å². The van der Waals surface area contributed by atoms with Gasteiger partial charge in [0.25, 0.3) is 0 Å². The summed E-state index contributed by atoms with van der Waals surface area (Å²) in [7, 11) is 0. The summed E-state index contributed by atoms with van der Waals surface area (Å²) in [6.07, 6.45) is 0. The average molecular weight is 911 g/mol. The summed E-state index contributed by atoms with van der Waals surface area (Å²) < 4.78 is 0. The first-order valence-corrected chi connectivity index (χ1v) is 25.4. The molecule has 0 fully saturated rings. The number of anilines is 12. The van der Waals surface area contributed by atoms with Crippen LogP contribution in [0.15, 0.2) is 216 Å². The molecule has 0 saturated carbocycles. The predicted molar refractivity (Wildman–Crippen MR) is 296 cm³/mol. The minimum Gasteiger partial charge on any atom is -0.306 e. The van der Waals surface area contributed by atoms with E-state index in [-0.39, 0.29) is 6.71 Å². The van der Waals surface area contributed by atoms with Crippen molar-refractivity contribution in [2.45, 2.75) is 69.1 Å². The fourth-order valence-corrected chi connectivity index (χ4v) is 12.3. The highest BCUT2D eigenvalue weighted by Crippen LogP contribution is 2.56. The van der Waals surface area contributed by atoms with Crippen LogP contribution in [0.2, 0.25) is 0 Å². The van der Waals surface area contributed by atoms with E-state index in [0.29, 0.717) is 17.8 Å². The van der Waals surface area contributed by atoms with Gasteiger partial charge in [-0.3, -0.25) is 0 Å². The van der Waals surface area contributed by atoms with Crippen molar-refractivity contribution in [3.63, 3.8) is 0 Å². The van der Waals surface area contributed by atoms with E-state index in [2.05, 4.69) is 267 Å². The number of para-hydroxylation sites is 10. The van der Waals surface area contributed by atoms with Crippen molar-refractivity contribution in [2.75, 3.05) is 19.6 Å². The van der Waals surface area contributed by atoms with Crippen LogP contribution in [0.4, 0.5) is 68.2 Å². The Morgan fingerprint density at radius 1 is 0.319 bits per heavy atom. The molecule has 9 aromatic carbocycles. The standard InChI is InChI=1S/C63H55BN4S/c1-41(2)44-37-49(42(3)4)63(50(38-44)43(5)6)64-51-35-33-47(67-57-29-17-13-25-53(57)65(45-21-9-7-10-22-45)54-26-14-18-30-58(54)67)39-61(51)69-62-40-48(34-36-52(62)64)68-59-31-19-15-27-55(59)66(46-23-11-8-12-24-46)56-28-16-20-32-60(56)68/h7-43H,1-6H3. The third-order valence-corrected chi connectivity index (χ3v) is 15.4. The first-order chi connectivity index (χ1) is 33.7. The Morgan fingerprint density at radius 2 is 0.623 bits per heavy atom. The molecule has 3 aliphatic rings. The SMILES string of the molecule is CC(C)c1cc(C(C)C)c(B2c3ccc(N4c5ccccc5N(c5ccccc5)c5ccccc54)cc3Sc3cc(N4c5ccccc5N(c5ccccc5)c5ccccc54)ccc32)c(C(C)C)c1. The van der Waals surface area contributed by atoms with Gasteiger partial charge in [-0.2, -0.15) is 0 Å². The van der Waals surface area contributed by atoms with Gasteiger partial charge in [0.2, 0.25) is 6.71 Å². The highest BCUT2D eigenvalue weighted by atomic mass is 32.2. The topological polar surface area (TPSA) is 13.0 Å². The molecule has 0 bridgehead atoms. The Bertz CT molecular complexity index is 3090. The Morgan fingerprint density at radius 3 is 0.928 bits per heavy atom. The monoisotopic (exact) mass is 910 g/mol. The molecular weight excluding hydrogens is 856 g/mol. The zero-order chi connectivity index (χ0) is 46.9. The Balaban J connectivity index is 1.06. The van der Waals surface area contributed by atoms with Crippen LogP contribution in [0.25, 0.3) is 0 Å².